The molecule has 3 atom stereocenters. The van der Waals surface area contributed by atoms with Crippen molar-refractivity contribution in [3.8, 4) is 0 Å². The summed E-state index contributed by atoms with van der Waals surface area (Å²) in [4.78, 5) is 2.65. The Labute approximate surface area is 85.8 Å². The van der Waals surface area contributed by atoms with Crippen molar-refractivity contribution in [2.24, 2.45) is 5.92 Å². The molecule has 3 rings (SSSR count). The second kappa shape index (κ2) is 3.80. The number of hydrogen-bond acceptors (Lipinski definition) is 3. The predicted octanol–water partition coefficient (Wildman–Crippen LogP) is 0.459. The van der Waals surface area contributed by atoms with Crippen LogP contribution < -0.4 is 5.32 Å². The molecule has 80 valence electrons. The summed E-state index contributed by atoms with van der Waals surface area (Å²) in [6, 6.07) is 1.51. The third-order valence-corrected chi connectivity index (χ3v) is 4.05. The molecule has 0 radical (unpaired) electrons. The maximum Gasteiger partial charge on any atom is 0.0622 e. The van der Waals surface area contributed by atoms with Crippen molar-refractivity contribution in [3.05, 3.63) is 0 Å². The zero-order valence-corrected chi connectivity index (χ0v) is 8.74. The summed E-state index contributed by atoms with van der Waals surface area (Å²) in [6.07, 6.45) is 4.05. The van der Waals surface area contributed by atoms with Gasteiger partial charge in [-0.25, -0.2) is 0 Å². The Balaban J connectivity index is 1.61. The second-order valence-electron chi connectivity index (χ2n) is 4.93. The van der Waals surface area contributed by atoms with Crippen molar-refractivity contribution < 1.29 is 4.74 Å². The summed E-state index contributed by atoms with van der Waals surface area (Å²) in [5.74, 6) is 0.921. The fraction of sp³-hybridized carbons (Fsp3) is 1.00. The first-order valence-corrected chi connectivity index (χ1v) is 5.98. The van der Waals surface area contributed by atoms with E-state index >= 15 is 0 Å². The molecule has 3 heteroatoms. The Morgan fingerprint density at radius 2 is 2.21 bits per heavy atom. The molecular formula is C11H20N2O. The van der Waals surface area contributed by atoms with Crippen LogP contribution in [0.2, 0.25) is 0 Å². The zero-order chi connectivity index (χ0) is 9.38. The molecular weight excluding hydrogens is 176 g/mol. The van der Waals surface area contributed by atoms with Crippen molar-refractivity contribution >= 4 is 0 Å². The molecule has 14 heavy (non-hydrogen) atoms. The quantitative estimate of drug-likeness (QED) is 0.659. The number of hydrogen-bond donors (Lipinski definition) is 1. The first-order chi connectivity index (χ1) is 6.93. The number of nitrogens with one attached hydrogen (secondary N) is 1. The molecule has 3 heterocycles. The van der Waals surface area contributed by atoms with E-state index < -0.39 is 0 Å². The third-order valence-electron chi connectivity index (χ3n) is 4.05. The van der Waals surface area contributed by atoms with Crippen LogP contribution >= 0.6 is 0 Å². The highest BCUT2D eigenvalue weighted by atomic mass is 16.5. The molecule has 0 aromatic carbocycles. The van der Waals surface area contributed by atoms with E-state index in [4.69, 9.17) is 4.74 Å². The maximum atomic E-state index is 5.46. The fourth-order valence-corrected chi connectivity index (χ4v) is 3.19. The minimum Gasteiger partial charge on any atom is -0.380 e. The van der Waals surface area contributed by atoms with Gasteiger partial charge in [-0.15, -0.1) is 0 Å². The van der Waals surface area contributed by atoms with Gasteiger partial charge in [0.15, 0.2) is 0 Å². The van der Waals surface area contributed by atoms with Crippen LogP contribution in [0.3, 0.4) is 0 Å². The van der Waals surface area contributed by atoms with E-state index in [9.17, 15) is 0 Å². The summed E-state index contributed by atoms with van der Waals surface area (Å²) in [5.41, 5.74) is 0. The van der Waals surface area contributed by atoms with E-state index in [0.717, 1.165) is 31.2 Å². The smallest absolute Gasteiger partial charge is 0.0622 e. The van der Waals surface area contributed by atoms with Gasteiger partial charge in [0.25, 0.3) is 0 Å². The molecule has 3 fully saturated rings. The molecule has 0 saturated carbocycles. The summed E-state index contributed by atoms with van der Waals surface area (Å²) in [6.45, 7) is 5.75. The molecule has 3 saturated heterocycles. The van der Waals surface area contributed by atoms with Gasteiger partial charge >= 0.3 is 0 Å². The lowest BCUT2D eigenvalue weighted by molar-refractivity contribution is 0.156. The van der Waals surface area contributed by atoms with E-state index in [-0.39, 0.29) is 0 Å². The third kappa shape index (κ3) is 1.58. The van der Waals surface area contributed by atoms with Crippen molar-refractivity contribution in [3.63, 3.8) is 0 Å². The number of piperidine rings is 1. The van der Waals surface area contributed by atoms with Crippen LogP contribution in [0.4, 0.5) is 0 Å². The molecule has 0 bridgehead atoms. The molecule has 3 aliphatic heterocycles. The maximum absolute atomic E-state index is 5.46. The SMILES string of the molecule is C1CNC2CN(C3CCOC3)CC2C1. The van der Waals surface area contributed by atoms with Gasteiger partial charge in [-0.1, -0.05) is 0 Å². The average Bonchev–Trinajstić information content (AvgIpc) is 2.86. The first kappa shape index (κ1) is 9.13. The standard InChI is InChI=1S/C11H20N2O/c1-2-9-6-13(7-11(9)12-4-1)10-3-5-14-8-10/h9-12H,1-8H2. The number of ether oxygens (including phenoxy) is 1. The normalized spacial score (nSPS) is 44.1. The van der Waals surface area contributed by atoms with Gasteiger partial charge in [0.05, 0.1) is 6.61 Å². The van der Waals surface area contributed by atoms with Crippen LogP contribution in [-0.4, -0.2) is 49.8 Å². The van der Waals surface area contributed by atoms with Crippen molar-refractivity contribution in [1.29, 1.82) is 0 Å². The Bertz CT molecular complexity index is 189. The lowest BCUT2D eigenvalue weighted by atomic mass is 9.94. The molecule has 0 aromatic rings. The Kier molecular flexibility index (Phi) is 2.48. The number of rotatable bonds is 1. The molecule has 1 N–H and O–H groups in total. The summed E-state index contributed by atoms with van der Waals surface area (Å²) in [5, 5.41) is 3.65. The van der Waals surface area contributed by atoms with E-state index in [1.165, 1.54) is 38.9 Å². The van der Waals surface area contributed by atoms with Crippen LogP contribution in [0.15, 0.2) is 0 Å². The topological polar surface area (TPSA) is 24.5 Å². The molecule has 3 nitrogen and oxygen atoms in total. The van der Waals surface area contributed by atoms with Gasteiger partial charge in [0.1, 0.15) is 0 Å². The molecule has 0 aromatic heterocycles. The van der Waals surface area contributed by atoms with Gasteiger partial charge in [-0.05, 0) is 31.7 Å². The van der Waals surface area contributed by atoms with E-state index in [0.29, 0.717) is 0 Å². The zero-order valence-electron chi connectivity index (χ0n) is 8.74. The van der Waals surface area contributed by atoms with E-state index in [1.54, 1.807) is 0 Å². The Morgan fingerprint density at radius 3 is 3.00 bits per heavy atom. The molecule has 3 unspecified atom stereocenters. The van der Waals surface area contributed by atoms with Crippen LogP contribution in [0, 0.1) is 5.92 Å². The monoisotopic (exact) mass is 196 g/mol. The summed E-state index contributed by atoms with van der Waals surface area (Å²) in [7, 11) is 0. The lowest BCUT2D eigenvalue weighted by Crippen LogP contribution is -2.41. The second-order valence-corrected chi connectivity index (χ2v) is 4.93. The summed E-state index contributed by atoms with van der Waals surface area (Å²) < 4.78 is 5.46. The number of nitrogens with zero attached hydrogens (tertiary/aromatic N) is 1. The van der Waals surface area contributed by atoms with Gasteiger partial charge in [0, 0.05) is 31.8 Å². The Morgan fingerprint density at radius 1 is 1.21 bits per heavy atom. The van der Waals surface area contributed by atoms with Gasteiger partial charge in [0.2, 0.25) is 0 Å². The Hall–Kier alpha value is -0.120. The van der Waals surface area contributed by atoms with Crippen LogP contribution in [-0.2, 0) is 4.74 Å². The van der Waals surface area contributed by atoms with Crippen molar-refractivity contribution in [1.82, 2.24) is 10.2 Å². The van der Waals surface area contributed by atoms with Gasteiger partial charge in [-0.3, -0.25) is 4.90 Å². The minimum atomic E-state index is 0.724. The van der Waals surface area contributed by atoms with Gasteiger partial charge < -0.3 is 10.1 Å². The molecule has 0 amide bonds. The van der Waals surface area contributed by atoms with Crippen molar-refractivity contribution in [2.45, 2.75) is 31.3 Å². The first-order valence-electron chi connectivity index (χ1n) is 5.98. The van der Waals surface area contributed by atoms with E-state index in [2.05, 4.69) is 10.2 Å². The largest absolute Gasteiger partial charge is 0.380 e. The minimum absolute atomic E-state index is 0.724. The van der Waals surface area contributed by atoms with Crippen LogP contribution in [0.25, 0.3) is 0 Å². The van der Waals surface area contributed by atoms with Gasteiger partial charge in [-0.2, -0.15) is 0 Å². The van der Waals surface area contributed by atoms with E-state index in [1.807, 2.05) is 0 Å². The van der Waals surface area contributed by atoms with Crippen LogP contribution in [0.1, 0.15) is 19.3 Å². The highest BCUT2D eigenvalue weighted by Crippen LogP contribution is 2.28. The molecule has 0 spiro atoms. The number of fused-ring (bicyclic) bond motifs is 1. The average molecular weight is 196 g/mol. The lowest BCUT2D eigenvalue weighted by Gasteiger charge is -2.24. The molecule has 3 aliphatic rings. The van der Waals surface area contributed by atoms with Crippen molar-refractivity contribution in [2.75, 3.05) is 32.8 Å². The van der Waals surface area contributed by atoms with Crippen LogP contribution in [0.5, 0.6) is 0 Å². The predicted molar refractivity (Wildman–Crippen MR) is 55.3 cm³/mol. The highest BCUT2D eigenvalue weighted by molar-refractivity contribution is 4.94. The summed E-state index contributed by atoms with van der Waals surface area (Å²) >= 11 is 0. The highest BCUT2D eigenvalue weighted by Gasteiger charge is 2.37. The fourth-order valence-electron chi connectivity index (χ4n) is 3.19. The number of likely N-dealkylation sites (tertiary alicyclic amines) is 1. The molecule has 0 aliphatic carbocycles.